The number of anilines is 1. The average molecular weight is 421 g/mol. The van der Waals surface area contributed by atoms with Crippen LogP contribution in [0.5, 0.6) is 0 Å². The highest BCUT2D eigenvalue weighted by molar-refractivity contribution is 5.94. The van der Waals surface area contributed by atoms with E-state index in [9.17, 15) is 9.59 Å². The van der Waals surface area contributed by atoms with Gasteiger partial charge in [-0.25, -0.2) is 0 Å². The van der Waals surface area contributed by atoms with Crippen molar-refractivity contribution in [3.8, 4) is 11.4 Å². The summed E-state index contributed by atoms with van der Waals surface area (Å²) in [6.07, 6.45) is 3.69. The van der Waals surface area contributed by atoms with Crippen LogP contribution >= 0.6 is 0 Å². The summed E-state index contributed by atoms with van der Waals surface area (Å²) in [6.45, 7) is 2.62. The quantitative estimate of drug-likeness (QED) is 0.651. The summed E-state index contributed by atoms with van der Waals surface area (Å²) >= 11 is 0. The Morgan fingerprint density at radius 2 is 1.84 bits per heavy atom. The molecule has 3 heterocycles. The van der Waals surface area contributed by atoms with E-state index in [1.807, 2.05) is 24.3 Å². The largest absolute Gasteiger partial charge is 0.459 e. The molecule has 2 amide bonds. The van der Waals surface area contributed by atoms with Gasteiger partial charge in [-0.2, -0.15) is 4.98 Å². The Bertz CT molecular complexity index is 1050. The van der Waals surface area contributed by atoms with Gasteiger partial charge in [0.15, 0.2) is 5.76 Å². The first-order chi connectivity index (χ1) is 15.2. The second-order valence-electron chi connectivity index (χ2n) is 7.81. The summed E-state index contributed by atoms with van der Waals surface area (Å²) in [6, 6.07) is 11.3. The molecule has 0 atom stereocenters. The molecule has 5 rings (SSSR count). The van der Waals surface area contributed by atoms with Crippen LogP contribution in [0.1, 0.15) is 35.2 Å². The lowest BCUT2D eigenvalue weighted by Gasteiger charge is -2.36. The number of aromatic nitrogens is 2. The highest BCUT2D eigenvalue weighted by atomic mass is 16.5. The van der Waals surface area contributed by atoms with Gasteiger partial charge in [-0.3, -0.25) is 9.59 Å². The maximum Gasteiger partial charge on any atom is 0.287 e. The van der Waals surface area contributed by atoms with E-state index in [-0.39, 0.29) is 24.1 Å². The molecule has 1 saturated carbocycles. The lowest BCUT2D eigenvalue weighted by molar-refractivity contribution is -0.130. The van der Waals surface area contributed by atoms with Gasteiger partial charge in [-0.1, -0.05) is 5.16 Å². The van der Waals surface area contributed by atoms with Crippen LogP contribution in [0.15, 0.2) is 51.6 Å². The highest BCUT2D eigenvalue weighted by Crippen LogP contribution is 2.39. The van der Waals surface area contributed by atoms with Gasteiger partial charge < -0.3 is 24.1 Å². The minimum atomic E-state index is -0.386. The van der Waals surface area contributed by atoms with Gasteiger partial charge in [0.2, 0.25) is 17.6 Å². The maximum atomic E-state index is 12.4. The Kier molecular flexibility index (Phi) is 5.15. The molecule has 9 nitrogen and oxygen atoms in total. The van der Waals surface area contributed by atoms with Crippen molar-refractivity contribution in [3.63, 3.8) is 0 Å². The third kappa shape index (κ3) is 4.30. The summed E-state index contributed by atoms with van der Waals surface area (Å²) < 4.78 is 10.4. The number of benzene rings is 1. The van der Waals surface area contributed by atoms with Crippen LogP contribution in [-0.4, -0.2) is 59.6 Å². The molecule has 1 N–H and O–H groups in total. The highest BCUT2D eigenvalue weighted by Gasteiger charge is 2.29. The summed E-state index contributed by atoms with van der Waals surface area (Å²) in [7, 11) is 0. The molecule has 160 valence electrons. The molecule has 1 saturated heterocycles. The van der Waals surface area contributed by atoms with Crippen LogP contribution in [0, 0.1) is 0 Å². The van der Waals surface area contributed by atoms with Crippen LogP contribution in [0.4, 0.5) is 5.69 Å². The molecule has 31 heavy (non-hydrogen) atoms. The third-order valence-corrected chi connectivity index (χ3v) is 5.64. The fraction of sp³-hybridized carbons (Fsp3) is 0.364. The van der Waals surface area contributed by atoms with Crippen molar-refractivity contribution in [2.45, 2.75) is 18.8 Å². The monoisotopic (exact) mass is 421 g/mol. The van der Waals surface area contributed by atoms with E-state index in [1.165, 1.54) is 6.26 Å². The van der Waals surface area contributed by atoms with Gasteiger partial charge in [-0.05, 0) is 49.2 Å². The molecular formula is C22H23N5O4. The van der Waals surface area contributed by atoms with Gasteiger partial charge >= 0.3 is 0 Å². The van der Waals surface area contributed by atoms with E-state index in [4.69, 9.17) is 8.94 Å². The Balaban J connectivity index is 1.12. The lowest BCUT2D eigenvalue weighted by atomic mass is 10.1. The minimum absolute atomic E-state index is 0.0399. The molecular weight excluding hydrogens is 398 g/mol. The Morgan fingerprint density at radius 3 is 2.52 bits per heavy atom. The third-order valence-electron chi connectivity index (χ3n) is 5.64. The molecule has 2 aliphatic rings. The number of hydrogen-bond donors (Lipinski definition) is 1. The zero-order valence-electron chi connectivity index (χ0n) is 17.0. The molecule has 0 bridgehead atoms. The number of hydrogen-bond acceptors (Lipinski definition) is 7. The van der Waals surface area contributed by atoms with Gasteiger partial charge in [0.05, 0.1) is 12.8 Å². The standard InChI is InChI=1S/C22H23N5O4/c28-19(14-23-21(29)18-2-1-13-30-18)27-11-9-26(10-12-27)17-7-5-15(6-8-17)20-24-22(31-25-20)16-3-4-16/h1-2,5-8,13,16H,3-4,9-12,14H2,(H,23,29). The zero-order chi connectivity index (χ0) is 21.2. The molecule has 3 aromatic rings. The lowest BCUT2D eigenvalue weighted by Crippen LogP contribution is -2.51. The maximum absolute atomic E-state index is 12.4. The normalized spacial score (nSPS) is 16.4. The van der Waals surface area contributed by atoms with E-state index < -0.39 is 0 Å². The number of amides is 2. The van der Waals surface area contributed by atoms with Gasteiger partial charge in [0.1, 0.15) is 0 Å². The van der Waals surface area contributed by atoms with E-state index in [1.54, 1.807) is 17.0 Å². The minimum Gasteiger partial charge on any atom is -0.459 e. The number of furan rings is 1. The van der Waals surface area contributed by atoms with Crippen molar-refractivity contribution in [3.05, 3.63) is 54.3 Å². The molecule has 1 aliphatic carbocycles. The predicted octanol–water partition coefficient (Wildman–Crippen LogP) is 2.29. The molecule has 2 aromatic heterocycles. The second kappa shape index (κ2) is 8.25. The topological polar surface area (TPSA) is 105 Å². The molecule has 1 aromatic carbocycles. The molecule has 1 aliphatic heterocycles. The fourth-order valence-corrected chi connectivity index (χ4v) is 3.65. The first kappa shape index (κ1) is 19.3. The summed E-state index contributed by atoms with van der Waals surface area (Å²) in [5.74, 6) is 1.52. The van der Waals surface area contributed by atoms with Crippen LogP contribution in [0.3, 0.4) is 0 Å². The number of nitrogens with one attached hydrogen (secondary N) is 1. The Labute approximate surface area is 179 Å². The van der Waals surface area contributed by atoms with E-state index in [0.29, 0.717) is 24.8 Å². The molecule has 2 fully saturated rings. The molecule has 9 heteroatoms. The van der Waals surface area contributed by atoms with Gasteiger partial charge in [-0.15, -0.1) is 0 Å². The van der Waals surface area contributed by atoms with Crippen LogP contribution < -0.4 is 10.2 Å². The van der Waals surface area contributed by atoms with Crippen LogP contribution in [0.2, 0.25) is 0 Å². The Morgan fingerprint density at radius 1 is 1.06 bits per heavy atom. The number of nitrogens with zero attached hydrogens (tertiary/aromatic N) is 4. The van der Waals surface area contributed by atoms with E-state index >= 15 is 0 Å². The first-order valence-electron chi connectivity index (χ1n) is 10.5. The predicted molar refractivity (Wildman–Crippen MR) is 112 cm³/mol. The first-order valence-corrected chi connectivity index (χ1v) is 10.5. The molecule has 0 spiro atoms. The molecule has 0 unspecified atom stereocenters. The van der Waals surface area contributed by atoms with Crippen molar-refractivity contribution >= 4 is 17.5 Å². The SMILES string of the molecule is O=C(NCC(=O)N1CCN(c2ccc(-c3noc(C4CC4)n3)cc2)CC1)c1ccco1. The smallest absolute Gasteiger partial charge is 0.287 e. The number of piperazine rings is 1. The van der Waals surface area contributed by atoms with Crippen LogP contribution in [-0.2, 0) is 4.79 Å². The summed E-state index contributed by atoms with van der Waals surface area (Å²) in [4.78, 5) is 32.8. The fourth-order valence-electron chi connectivity index (χ4n) is 3.65. The average Bonchev–Trinajstić information content (AvgIpc) is 3.29. The van der Waals surface area contributed by atoms with Crippen molar-refractivity contribution in [2.24, 2.45) is 0 Å². The van der Waals surface area contributed by atoms with Crippen LogP contribution in [0.25, 0.3) is 11.4 Å². The summed E-state index contributed by atoms with van der Waals surface area (Å²) in [5, 5.41) is 6.69. The Hall–Kier alpha value is -3.62. The zero-order valence-corrected chi connectivity index (χ0v) is 17.0. The number of carbonyl (C=O) groups excluding carboxylic acids is 2. The van der Waals surface area contributed by atoms with Gasteiger partial charge in [0, 0.05) is 43.3 Å². The second-order valence-corrected chi connectivity index (χ2v) is 7.81. The summed E-state index contributed by atoms with van der Waals surface area (Å²) in [5.41, 5.74) is 2.02. The van der Waals surface area contributed by atoms with Crippen molar-refractivity contribution in [1.29, 1.82) is 0 Å². The van der Waals surface area contributed by atoms with Crippen molar-refractivity contribution < 1.29 is 18.5 Å². The van der Waals surface area contributed by atoms with Crippen molar-refractivity contribution in [1.82, 2.24) is 20.4 Å². The number of rotatable bonds is 6. The van der Waals surface area contributed by atoms with Gasteiger partial charge in [0.25, 0.3) is 5.91 Å². The number of carbonyl (C=O) groups is 2. The van der Waals surface area contributed by atoms with E-state index in [2.05, 4.69) is 20.4 Å². The van der Waals surface area contributed by atoms with E-state index in [0.717, 1.165) is 43.1 Å². The molecule has 0 radical (unpaired) electrons. The van der Waals surface area contributed by atoms with Crippen molar-refractivity contribution in [2.75, 3.05) is 37.6 Å².